The third-order valence-corrected chi connectivity index (χ3v) is 4.61. The van der Waals surface area contributed by atoms with Crippen molar-refractivity contribution in [2.45, 2.75) is 23.8 Å². The Balaban J connectivity index is 2.30. The molecule has 1 aliphatic rings. The Bertz CT molecular complexity index is 659. The lowest BCUT2D eigenvalue weighted by Gasteiger charge is -2.23. The molecule has 1 aliphatic heterocycles. The SMILES string of the molecule is O=C(NC1CCOCC1)c1cc(Cl)cc(S(=O)(=O)Cl)c1F. The topological polar surface area (TPSA) is 72.5 Å². The van der Waals surface area contributed by atoms with Gasteiger partial charge in [-0.15, -0.1) is 0 Å². The summed E-state index contributed by atoms with van der Waals surface area (Å²) in [7, 11) is 0.797. The molecular formula is C12H12Cl2FNO4S. The fraction of sp³-hybridized carbons (Fsp3) is 0.417. The first-order chi connectivity index (χ1) is 9.79. The molecule has 0 bridgehead atoms. The van der Waals surface area contributed by atoms with Gasteiger partial charge >= 0.3 is 0 Å². The summed E-state index contributed by atoms with van der Waals surface area (Å²) in [5.74, 6) is -1.94. The largest absolute Gasteiger partial charge is 0.381 e. The van der Waals surface area contributed by atoms with Crippen LogP contribution in [0.1, 0.15) is 23.2 Å². The fourth-order valence-electron chi connectivity index (χ4n) is 2.01. The van der Waals surface area contributed by atoms with E-state index in [4.69, 9.17) is 27.0 Å². The van der Waals surface area contributed by atoms with Crippen molar-refractivity contribution in [2.75, 3.05) is 13.2 Å². The standard InChI is InChI=1S/C12H12Cl2FNO4S/c13-7-5-9(11(15)10(6-7)21(14,18)19)12(17)16-8-1-3-20-4-2-8/h5-6,8H,1-4H2,(H,16,17). The van der Waals surface area contributed by atoms with Crippen molar-refractivity contribution in [3.8, 4) is 0 Å². The Morgan fingerprint density at radius 2 is 1.95 bits per heavy atom. The van der Waals surface area contributed by atoms with Crippen molar-refractivity contribution in [3.63, 3.8) is 0 Å². The molecule has 0 radical (unpaired) electrons. The number of amides is 1. The summed E-state index contributed by atoms with van der Waals surface area (Å²) in [4.78, 5) is 11.3. The molecule has 9 heteroatoms. The third-order valence-electron chi connectivity index (χ3n) is 3.07. The van der Waals surface area contributed by atoms with E-state index < -0.39 is 31.2 Å². The van der Waals surface area contributed by atoms with Gasteiger partial charge in [-0.3, -0.25) is 4.79 Å². The zero-order chi connectivity index (χ0) is 15.6. The number of hydrogen-bond donors (Lipinski definition) is 1. The van der Waals surface area contributed by atoms with E-state index in [1.54, 1.807) is 0 Å². The number of nitrogens with one attached hydrogen (secondary N) is 1. The molecule has 0 saturated carbocycles. The first-order valence-corrected chi connectivity index (χ1v) is 8.80. The number of hydrogen-bond acceptors (Lipinski definition) is 4. The third kappa shape index (κ3) is 4.06. The minimum Gasteiger partial charge on any atom is -0.381 e. The van der Waals surface area contributed by atoms with E-state index in [9.17, 15) is 17.6 Å². The maximum atomic E-state index is 14.1. The monoisotopic (exact) mass is 355 g/mol. The van der Waals surface area contributed by atoms with Gasteiger partial charge < -0.3 is 10.1 Å². The van der Waals surface area contributed by atoms with Crippen LogP contribution in [0.25, 0.3) is 0 Å². The van der Waals surface area contributed by atoms with Crippen LogP contribution in [0.3, 0.4) is 0 Å². The van der Waals surface area contributed by atoms with Crippen LogP contribution < -0.4 is 5.32 Å². The van der Waals surface area contributed by atoms with Gasteiger partial charge in [0.2, 0.25) is 0 Å². The molecular weight excluding hydrogens is 344 g/mol. The molecule has 1 saturated heterocycles. The molecule has 1 aromatic rings. The number of ether oxygens (including phenoxy) is 1. The maximum Gasteiger partial charge on any atom is 0.264 e. The van der Waals surface area contributed by atoms with E-state index >= 15 is 0 Å². The first kappa shape index (κ1) is 16.5. The zero-order valence-corrected chi connectivity index (χ0v) is 13.1. The molecule has 0 spiro atoms. The zero-order valence-electron chi connectivity index (χ0n) is 10.7. The highest BCUT2D eigenvalue weighted by Crippen LogP contribution is 2.26. The normalized spacial score (nSPS) is 16.7. The van der Waals surface area contributed by atoms with Gasteiger partial charge in [0.25, 0.3) is 15.0 Å². The van der Waals surface area contributed by atoms with E-state index in [2.05, 4.69) is 5.32 Å². The van der Waals surface area contributed by atoms with Crippen LogP contribution in [0.4, 0.5) is 4.39 Å². The molecule has 0 aromatic heterocycles. The smallest absolute Gasteiger partial charge is 0.264 e. The molecule has 0 atom stereocenters. The molecule has 1 N–H and O–H groups in total. The lowest BCUT2D eigenvalue weighted by molar-refractivity contribution is 0.0694. The van der Waals surface area contributed by atoms with Crippen molar-refractivity contribution in [2.24, 2.45) is 0 Å². The van der Waals surface area contributed by atoms with Crippen LogP contribution in [-0.4, -0.2) is 33.6 Å². The van der Waals surface area contributed by atoms with Gasteiger partial charge in [0.05, 0.1) is 5.56 Å². The molecule has 0 unspecified atom stereocenters. The highest BCUT2D eigenvalue weighted by molar-refractivity contribution is 8.13. The van der Waals surface area contributed by atoms with Crippen molar-refractivity contribution >= 4 is 37.2 Å². The molecule has 1 aromatic carbocycles. The van der Waals surface area contributed by atoms with E-state index in [-0.39, 0.29) is 11.1 Å². The predicted molar refractivity (Wildman–Crippen MR) is 75.8 cm³/mol. The Hall–Kier alpha value is -0.890. The van der Waals surface area contributed by atoms with Crippen molar-refractivity contribution in [1.29, 1.82) is 0 Å². The summed E-state index contributed by atoms with van der Waals surface area (Å²) in [6, 6.07) is 1.78. The molecule has 1 amide bonds. The summed E-state index contributed by atoms with van der Waals surface area (Å²) in [5, 5.41) is 2.54. The van der Waals surface area contributed by atoms with Gasteiger partial charge in [0, 0.05) is 35.0 Å². The molecule has 0 aliphatic carbocycles. The number of carbonyl (C=O) groups excluding carboxylic acids is 1. The Labute approximate surface area is 130 Å². The second-order valence-electron chi connectivity index (χ2n) is 4.56. The lowest BCUT2D eigenvalue weighted by Crippen LogP contribution is -2.39. The molecule has 1 heterocycles. The number of carbonyl (C=O) groups is 1. The van der Waals surface area contributed by atoms with E-state index in [0.29, 0.717) is 26.1 Å². The predicted octanol–water partition coefficient (Wildman–Crippen LogP) is 2.32. The maximum absolute atomic E-state index is 14.1. The highest BCUT2D eigenvalue weighted by Gasteiger charge is 2.25. The van der Waals surface area contributed by atoms with Gasteiger partial charge in [-0.25, -0.2) is 12.8 Å². The average molecular weight is 356 g/mol. The van der Waals surface area contributed by atoms with Crippen LogP contribution in [-0.2, 0) is 13.8 Å². The highest BCUT2D eigenvalue weighted by atomic mass is 35.7. The Morgan fingerprint density at radius 1 is 1.33 bits per heavy atom. The molecule has 21 heavy (non-hydrogen) atoms. The van der Waals surface area contributed by atoms with Crippen LogP contribution >= 0.6 is 22.3 Å². The van der Waals surface area contributed by atoms with Crippen LogP contribution in [0.15, 0.2) is 17.0 Å². The van der Waals surface area contributed by atoms with Gasteiger partial charge in [-0.2, -0.15) is 0 Å². The summed E-state index contributed by atoms with van der Waals surface area (Å²) in [5.41, 5.74) is -0.451. The van der Waals surface area contributed by atoms with Crippen LogP contribution in [0.2, 0.25) is 5.02 Å². The van der Waals surface area contributed by atoms with E-state index in [1.165, 1.54) is 0 Å². The van der Waals surface area contributed by atoms with Gasteiger partial charge in [-0.1, -0.05) is 11.6 Å². The quantitative estimate of drug-likeness (QED) is 0.844. The second kappa shape index (κ2) is 6.48. The molecule has 1 fully saturated rings. The van der Waals surface area contributed by atoms with Gasteiger partial charge in [-0.05, 0) is 25.0 Å². The summed E-state index contributed by atoms with van der Waals surface area (Å²) in [6.07, 6.45) is 1.21. The van der Waals surface area contributed by atoms with Crippen molar-refractivity contribution < 1.29 is 22.3 Å². The molecule has 116 valence electrons. The number of rotatable bonds is 3. The minimum atomic E-state index is -4.33. The summed E-state index contributed by atoms with van der Waals surface area (Å²) < 4.78 is 41.9. The Morgan fingerprint density at radius 3 is 2.52 bits per heavy atom. The number of benzene rings is 1. The summed E-state index contributed by atoms with van der Waals surface area (Å²) >= 11 is 5.73. The van der Waals surface area contributed by atoms with Gasteiger partial charge in [0.1, 0.15) is 4.90 Å². The van der Waals surface area contributed by atoms with E-state index in [0.717, 1.165) is 12.1 Å². The first-order valence-electron chi connectivity index (χ1n) is 6.11. The van der Waals surface area contributed by atoms with Crippen LogP contribution in [0.5, 0.6) is 0 Å². The average Bonchev–Trinajstić information content (AvgIpc) is 2.40. The molecule has 5 nitrogen and oxygen atoms in total. The summed E-state index contributed by atoms with van der Waals surface area (Å²) in [6.45, 7) is 1.01. The van der Waals surface area contributed by atoms with Crippen molar-refractivity contribution in [3.05, 3.63) is 28.5 Å². The Kier molecular flexibility index (Phi) is 5.08. The lowest BCUT2D eigenvalue weighted by atomic mass is 10.1. The minimum absolute atomic E-state index is 0.0900. The second-order valence-corrected chi connectivity index (χ2v) is 7.53. The number of halogens is 3. The molecule has 2 rings (SSSR count). The fourth-order valence-corrected chi connectivity index (χ4v) is 3.22. The van der Waals surface area contributed by atoms with E-state index in [1.807, 2.05) is 0 Å². The van der Waals surface area contributed by atoms with Gasteiger partial charge in [0.15, 0.2) is 5.82 Å². The van der Waals surface area contributed by atoms with Crippen LogP contribution in [0, 0.1) is 5.82 Å². The van der Waals surface area contributed by atoms with Crippen molar-refractivity contribution in [1.82, 2.24) is 5.32 Å².